The molecule has 4 heteroatoms. The zero-order chi connectivity index (χ0) is 14.1. The second-order valence-corrected chi connectivity index (χ2v) is 4.62. The van der Waals surface area contributed by atoms with Crippen LogP contribution in [0.5, 0.6) is 0 Å². The fourth-order valence-corrected chi connectivity index (χ4v) is 1.98. The average molecular weight is 264 g/mol. The third-order valence-electron chi connectivity index (χ3n) is 3.07. The molecule has 0 fully saturated rings. The van der Waals surface area contributed by atoms with Crippen LogP contribution in [0, 0.1) is 17.1 Å². The predicted molar refractivity (Wildman–Crippen MR) is 73.0 cm³/mol. The van der Waals surface area contributed by atoms with Crippen LogP contribution in [-0.2, 0) is 6.54 Å². The quantitative estimate of drug-likeness (QED) is 0.734. The van der Waals surface area contributed by atoms with Gasteiger partial charge in [-0.3, -0.25) is 4.90 Å². The van der Waals surface area contributed by atoms with E-state index in [1.807, 2.05) is 11.0 Å². The van der Waals surface area contributed by atoms with Crippen molar-refractivity contribution in [2.24, 2.45) is 0 Å². The van der Waals surface area contributed by atoms with Crippen LogP contribution in [0.25, 0.3) is 0 Å². The topological polar surface area (TPSA) is 47.3 Å². The number of hydrogen-bond acceptors (Lipinski definition) is 3. The highest BCUT2D eigenvalue weighted by Crippen LogP contribution is 2.13. The van der Waals surface area contributed by atoms with E-state index in [1.54, 1.807) is 12.1 Å². The van der Waals surface area contributed by atoms with Gasteiger partial charge >= 0.3 is 0 Å². The van der Waals surface area contributed by atoms with Gasteiger partial charge in [0.25, 0.3) is 0 Å². The third-order valence-corrected chi connectivity index (χ3v) is 3.07. The molecule has 0 aromatic heterocycles. The summed E-state index contributed by atoms with van der Waals surface area (Å²) in [6.45, 7) is 4.08. The van der Waals surface area contributed by atoms with Gasteiger partial charge in [0, 0.05) is 18.7 Å². The molecular weight excluding hydrogens is 243 g/mol. The summed E-state index contributed by atoms with van der Waals surface area (Å²) in [5, 5.41) is 17.7. The van der Waals surface area contributed by atoms with Crippen LogP contribution >= 0.6 is 0 Å². The minimum atomic E-state index is -0.350. The largest absolute Gasteiger partial charge is 0.395 e. The fraction of sp³-hybridized carbons (Fsp3) is 0.533. The zero-order valence-corrected chi connectivity index (χ0v) is 11.4. The van der Waals surface area contributed by atoms with E-state index >= 15 is 0 Å². The van der Waals surface area contributed by atoms with Gasteiger partial charge in [0.1, 0.15) is 5.82 Å². The van der Waals surface area contributed by atoms with Crippen LogP contribution in [0.2, 0.25) is 0 Å². The second kappa shape index (κ2) is 8.63. The van der Waals surface area contributed by atoms with Crippen LogP contribution in [0.3, 0.4) is 0 Å². The summed E-state index contributed by atoms with van der Waals surface area (Å²) < 4.78 is 13.8. The molecule has 1 aromatic rings. The fourth-order valence-electron chi connectivity index (χ4n) is 1.98. The van der Waals surface area contributed by atoms with E-state index in [1.165, 1.54) is 6.07 Å². The normalized spacial score (nSPS) is 10.7. The molecule has 0 spiro atoms. The first kappa shape index (κ1) is 15.6. The Balaban J connectivity index is 2.65. The minimum Gasteiger partial charge on any atom is -0.395 e. The molecule has 3 nitrogen and oxygen atoms in total. The summed E-state index contributed by atoms with van der Waals surface area (Å²) in [4.78, 5) is 2.04. The summed E-state index contributed by atoms with van der Waals surface area (Å²) >= 11 is 0. The van der Waals surface area contributed by atoms with Gasteiger partial charge in [-0.1, -0.05) is 25.8 Å². The number of benzene rings is 1. The van der Waals surface area contributed by atoms with Gasteiger partial charge in [0.05, 0.1) is 18.2 Å². The molecule has 0 aliphatic carbocycles. The van der Waals surface area contributed by atoms with Crippen LogP contribution in [0.15, 0.2) is 18.2 Å². The molecule has 0 saturated carbocycles. The standard InChI is InChI=1S/C15H21FN2O/c1-2-3-4-7-18(8-9-19)12-14-6-5-13(11-17)10-15(14)16/h5-6,10,19H,2-4,7-9,12H2,1H3. The number of hydrogen-bond donors (Lipinski definition) is 1. The highest BCUT2D eigenvalue weighted by atomic mass is 19.1. The Bertz CT molecular complexity index is 429. The lowest BCUT2D eigenvalue weighted by atomic mass is 10.1. The molecule has 1 rings (SSSR count). The van der Waals surface area contributed by atoms with Crippen LogP contribution in [0.4, 0.5) is 4.39 Å². The van der Waals surface area contributed by atoms with Crippen molar-refractivity contribution in [2.75, 3.05) is 19.7 Å². The lowest BCUT2D eigenvalue weighted by Gasteiger charge is -2.21. The van der Waals surface area contributed by atoms with E-state index in [9.17, 15) is 4.39 Å². The molecule has 19 heavy (non-hydrogen) atoms. The number of aliphatic hydroxyl groups excluding tert-OH is 1. The molecule has 1 aromatic carbocycles. The monoisotopic (exact) mass is 264 g/mol. The molecule has 0 unspecified atom stereocenters. The molecule has 1 N–H and O–H groups in total. The number of nitriles is 1. The summed E-state index contributed by atoms with van der Waals surface area (Å²) in [6.07, 6.45) is 3.32. The maximum Gasteiger partial charge on any atom is 0.129 e. The number of rotatable bonds is 8. The maximum absolute atomic E-state index is 13.8. The van der Waals surface area contributed by atoms with Gasteiger partial charge in [-0.05, 0) is 25.1 Å². The van der Waals surface area contributed by atoms with E-state index in [2.05, 4.69) is 6.92 Å². The van der Waals surface area contributed by atoms with Gasteiger partial charge in [-0.2, -0.15) is 5.26 Å². The maximum atomic E-state index is 13.8. The molecule has 0 bridgehead atoms. The van der Waals surface area contributed by atoms with E-state index in [0.717, 1.165) is 25.8 Å². The lowest BCUT2D eigenvalue weighted by molar-refractivity contribution is 0.186. The van der Waals surface area contributed by atoms with E-state index in [4.69, 9.17) is 10.4 Å². The summed E-state index contributed by atoms with van der Waals surface area (Å²) in [7, 11) is 0. The minimum absolute atomic E-state index is 0.0734. The van der Waals surface area contributed by atoms with Crippen LogP contribution in [0.1, 0.15) is 37.3 Å². The third kappa shape index (κ3) is 5.37. The van der Waals surface area contributed by atoms with Gasteiger partial charge < -0.3 is 5.11 Å². The Morgan fingerprint density at radius 3 is 2.68 bits per heavy atom. The molecule has 104 valence electrons. The summed E-state index contributed by atoms with van der Waals surface area (Å²) in [6, 6.07) is 6.46. The van der Waals surface area contributed by atoms with Crippen molar-refractivity contribution in [3.05, 3.63) is 35.1 Å². The summed E-state index contributed by atoms with van der Waals surface area (Å²) in [5.74, 6) is -0.350. The summed E-state index contributed by atoms with van der Waals surface area (Å²) in [5.41, 5.74) is 0.907. The van der Waals surface area contributed by atoms with Crippen molar-refractivity contribution >= 4 is 0 Å². The molecule has 0 heterocycles. The Hall–Kier alpha value is -1.44. The molecular formula is C15H21FN2O. The van der Waals surface area contributed by atoms with Crippen molar-refractivity contribution in [3.63, 3.8) is 0 Å². The van der Waals surface area contributed by atoms with Gasteiger partial charge in [0.2, 0.25) is 0 Å². The molecule has 0 saturated heterocycles. The number of aliphatic hydroxyl groups is 1. The van der Waals surface area contributed by atoms with Crippen molar-refractivity contribution in [2.45, 2.75) is 32.7 Å². The van der Waals surface area contributed by atoms with Crippen LogP contribution < -0.4 is 0 Å². The van der Waals surface area contributed by atoms with Gasteiger partial charge in [0.15, 0.2) is 0 Å². The lowest BCUT2D eigenvalue weighted by Crippen LogP contribution is -2.28. The molecule has 0 radical (unpaired) electrons. The molecule has 0 atom stereocenters. The molecule has 0 amide bonds. The van der Waals surface area contributed by atoms with Crippen molar-refractivity contribution < 1.29 is 9.50 Å². The number of unbranched alkanes of at least 4 members (excludes halogenated alkanes) is 2. The first-order valence-electron chi connectivity index (χ1n) is 6.73. The van der Waals surface area contributed by atoms with Gasteiger partial charge in [-0.25, -0.2) is 4.39 Å². The van der Waals surface area contributed by atoms with Crippen LogP contribution in [-0.4, -0.2) is 29.7 Å². The smallest absolute Gasteiger partial charge is 0.129 e. The Morgan fingerprint density at radius 2 is 2.11 bits per heavy atom. The SMILES string of the molecule is CCCCCN(CCO)Cc1ccc(C#N)cc1F. The first-order valence-corrected chi connectivity index (χ1v) is 6.73. The van der Waals surface area contributed by atoms with Crippen molar-refractivity contribution in [3.8, 4) is 6.07 Å². The highest BCUT2D eigenvalue weighted by molar-refractivity contribution is 5.32. The average Bonchev–Trinajstić information content (AvgIpc) is 2.41. The Morgan fingerprint density at radius 1 is 1.32 bits per heavy atom. The van der Waals surface area contributed by atoms with E-state index < -0.39 is 0 Å². The number of nitrogens with zero attached hydrogens (tertiary/aromatic N) is 2. The van der Waals surface area contributed by atoms with Crippen molar-refractivity contribution in [1.82, 2.24) is 4.90 Å². The highest BCUT2D eigenvalue weighted by Gasteiger charge is 2.09. The van der Waals surface area contributed by atoms with Gasteiger partial charge in [-0.15, -0.1) is 0 Å². The molecule has 0 aliphatic rings. The Kier molecular flexibility index (Phi) is 7.09. The Labute approximate surface area is 114 Å². The zero-order valence-electron chi connectivity index (χ0n) is 11.4. The first-order chi connectivity index (χ1) is 9.21. The van der Waals surface area contributed by atoms with E-state index in [0.29, 0.717) is 24.2 Å². The molecule has 0 aliphatic heterocycles. The predicted octanol–water partition coefficient (Wildman–Crippen LogP) is 2.68. The number of halogens is 1. The van der Waals surface area contributed by atoms with Crippen molar-refractivity contribution in [1.29, 1.82) is 5.26 Å². The second-order valence-electron chi connectivity index (χ2n) is 4.62. The van der Waals surface area contributed by atoms with E-state index in [-0.39, 0.29) is 12.4 Å².